The number of methoxy groups -OCH3 is 1. The standard InChI is InChI=1S/C17H23N3O4/c1-5-8-19-9-10-20(17(2,3)16(19)23)14(21)12-6-7-13(18-11-12)15(22)24-4/h6-7,11H,5,8-10H2,1-4H3. The van der Waals surface area contributed by atoms with E-state index in [0.717, 1.165) is 6.42 Å². The summed E-state index contributed by atoms with van der Waals surface area (Å²) in [6.07, 6.45) is 2.22. The van der Waals surface area contributed by atoms with Crippen LogP contribution >= 0.6 is 0 Å². The average Bonchev–Trinajstić information content (AvgIpc) is 2.58. The zero-order valence-electron chi connectivity index (χ0n) is 14.5. The second-order valence-corrected chi connectivity index (χ2v) is 6.23. The number of hydrogen-bond donors (Lipinski definition) is 0. The van der Waals surface area contributed by atoms with Gasteiger partial charge in [0.15, 0.2) is 0 Å². The number of ether oxygens (including phenoxy) is 1. The first-order valence-electron chi connectivity index (χ1n) is 7.98. The third kappa shape index (κ3) is 3.25. The number of carbonyl (C=O) groups excluding carboxylic acids is 3. The Labute approximate surface area is 141 Å². The first-order valence-corrected chi connectivity index (χ1v) is 7.98. The van der Waals surface area contributed by atoms with Gasteiger partial charge in [0.1, 0.15) is 11.2 Å². The fraction of sp³-hybridized carbons (Fsp3) is 0.529. The van der Waals surface area contributed by atoms with Crippen LogP contribution in [0.15, 0.2) is 18.3 Å². The molecule has 0 spiro atoms. The Balaban J connectivity index is 2.20. The quantitative estimate of drug-likeness (QED) is 0.777. The largest absolute Gasteiger partial charge is 0.464 e. The van der Waals surface area contributed by atoms with Gasteiger partial charge in [-0.1, -0.05) is 6.92 Å². The molecule has 2 amide bonds. The Morgan fingerprint density at radius 2 is 2.00 bits per heavy atom. The van der Waals surface area contributed by atoms with Gasteiger partial charge in [-0.25, -0.2) is 9.78 Å². The molecule has 7 heteroatoms. The Hall–Kier alpha value is -2.44. The van der Waals surface area contributed by atoms with Gasteiger partial charge in [-0.15, -0.1) is 0 Å². The van der Waals surface area contributed by atoms with Gasteiger partial charge < -0.3 is 14.5 Å². The zero-order chi connectivity index (χ0) is 17.9. The van der Waals surface area contributed by atoms with Gasteiger partial charge in [0, 0.05) is 25.8 Å². The molecular weight excluding hydrogens is 310 g/mol. The molecule has 0 radical (unpaired) electrons. The van der Waals surface area contributed by atoms with Crippen molar-refractivity contribution in [1.29, 1.82) is 0 Å². The number of nitrogens with zero attached hydrogens (tertiary/aromatic N) is 3. The summed E-state index contributed by atoms with van der Waals surface area (Å²) in [6.45, 7) is 7.22. The molecule has 0 unspecified atom stereocenters. The van der Waals surface area contributed by atoms with Crippen molar-refractivity contribution in [3.63, 3.8) is 0 Å². The maximum absolute atomic E-state index is 12.8. The molecular formula is C17H23N3O4. The number of amides is 2. The van der Waals surface area contributed by atoms with Gasteiger partial charge in [0.05, 0.1) is 12.7 Å². The van der Waals surface area contributed by atoms with Crippen molar-refractivity contribution in [1.82, 2.24) is 14.8 Å². The third-order valence-corrected chi connectivity index (χ3v) is 4.22. The Kier molecular flexibility index (Phi) is 5.21. The average molecular weight is 333 g/mol. The molecule has 0 atom stereocenters. The minimum atomic E-state index is -0.911. The Bertz CT molecular complexity index is 640. The highest BCUT2D eigenvalue weighted by molar-refractivity contribution is 6.00. The lowest BCUT2D eigenvalue weighted by molar-refractivity contribution is -0.146. The lowest BCUT2D eigenvalue weighted by atomic mass is 9.96. The highest BCUT2D eigenvalue weighted by Gasteiger charge is 2.44. The van der Waals surface area contributed by atoms with E-state index in [0.29, 0.717) is 25.2 Å². The van der Waals surface area contributed by atoms with Crippen LogP contribution in [0.5, 0.6) is 0 Å². The van der Waals surface area contributed by atoms with E-state index in [1.54, 1.807) is 23.6 Å². The van der Waals surface area contributed by atoms with Crippen LogP contribution in [0.25, 0.3) is 0 Å². The molecule has 7 nitrogen and oxygen atoms in total. The lowest BCUT2D eigenvalue weighted by Crippen LogP contribution is -2.64. The summed E-state index contributed by atoms with van der Waals surface area (Å²) < 4.78 is 4.59. The predicted molar refractivity (Wildman–Crippen MR) is 87.6 cm³/mol. The van der Waals surface area contributed by atoms with Crippen LogP contribution in [0.4, 0.5) is 0 Å². The molecule has 2 heterocycles. The Morgan fingerprint density at radius 3 is 2.54 bits per heavy atom. The van der Waals surface area contributed by atoms with Crippen LogP contribution in [0.1, 0.15) is 48.0 Å². The molecule has 2 rings (SSSR count). The van der Waals surface area contributed by atoms with E-state index < -0.39 is 11.5 Å². The summed E-state index contributed by atoms with van der Waals surface area (Å²) in [7, 11) is 1.27. The van der Waals surface area contributed by atoms with Crippen molar-refractivity contribution >= 4 is 17.8 Å². The highest BCUT2D eigenvalue weighted by Crippen LogP contribution is 2.24. The molecule has 0 N–H and O–H groups in total. The van der Waals surface area contributed by atoms with E-state index in [1.807, 2.05) is 6.92 Å². The van der Waals surface area contributed by atoms with E-state index in [4.69, 9.17) is 0 Å². The number of carbonyl (C=O) groups is 3. The molecule has 0 aliphatic carbocycles. The van der Waals surface area contributed by atoms with Crippen molar-refractivity contribution in [3.8, 4) is 0 Å². The smallest absolute Gasteiger partial charge is 0.356 e. The Morgan fingerprint density at radius 1 is 1.29 bits per heavy atom. The highest BCUT2D eigenvalue weighted by atomic mass is 16.5. The van der Waals surface area contributed by atoms with E-state index in [2.05, 4.69) is 9.72 Å². The summed E-state index contributed by atoms with van der Waals surface area (Å²) in [4.78, 5) is 44.1. The van der Waals surface area contributed by atoms with E-state index in [9.17, 15) is 14.4 Å². The molecule has 0 saturated carbocycles. The van der Waals surface area contributed by atoms with Gasteiger partial charge in [-0.2, -0.15) is 0 Å². The number of pyridine rings is 1. The zero-order valence-corrected chi connectivity index (χ0v) is 14.5. The van der Waals surface area contributed by atoms with E-state index >= 15 is 0 Å². The molecule has 130 valence electrons. The molecule has 0 bridgehead atoms. The molecule has 24 heavy (non-hydrogen) atoms. The van der Waals surface area contributed by atoms with E-state index in [-0.39, 0.29) is 17.5 Å². The summed E-state index contributed by atoms with van der Waals surface area (Å²) in [5, 5.41) is 0. The minimum absolute atomic E-state index is 0.0527. The van der Waals surface area contributed by atoms with Crippen LogP contribution in [0, 0.1) is 0 Å². The van der Waals surface area contributed by atoms with Gasteiger partial charge in [0.2, 0.25) is 5.91 Å². The topological polar surface area (TPSA) is 79.8 Å². The number of esters is 1. The summed E-state index contributed by atoms with van der Waals surface area (Å²) >= 11 is 0. The second-order valence-electron chi connectivity index (χ2n) is 6.23. The van der Waals surface area contributed by atoms with E-state index in [1.165, 1.54) is 25.4 Å². The van der Waals surface area contributed by atoms with Crippen molar-refractivity contribution in [3.05, 3.63) is 29.6 Å². The number of hydrogen-bond acceptors (Lipinski definition) is 5. The minimum Gasteiger partial charge on any atom is -0.464 e. The maximum Gasteiger partial charge on any atom is 0.356 e. The molecule has 1 aromatic rings. The first-order chi connectivity index (χ1) is 11.3. The van der Waals surface area contributed by atoms with Crippen molar-refractivity contribution < 1.29 is 19.1 Å². The second kappa shape index (κ2) is 6.98. The van der Waals surface area contributed by atoms with Crippen LogP contribution in [0.2, 0.25) is 0 Å². The molecule has 0 aromatic carbocycles. The third-order valence-electron chi connectivity index (χ3n) is 4.22. The molecule has 1 fully saturated rings. The van der Waals surface area contributed by atoms with Crippen LogP contribution in [0.3, 0.4) is 0 Å². The van der Waals surface area contributed by atoms with Gasteiger partial charge >= 0.3 is 5.97 Å². The lowest BCUT2D eigenvalue weighted by Gasteiger charge is -2.45. The molecule has 1 saturated heterocycles. The first kappa shape index (κ1) is 17.9. The number of rotatable bonds is 4. The molecule has 1 aliphatic rings. The molecule has 1 aliphatic heterocycles. The van der Waals surface area contributed by atoms with Crippen LogP contribution < -0.4 is 0 Å². The number of piperazine rings is 1. The summed E-state index contributed by atoms with van der Waals surface area (Å²) in [5.41, 5.74) is -0.435. The SMILES string of the molecule is CCCN1CCN(C(=O)c2ccc(C(=O)OC)nc2)C(C)(C)C1=O. The molecule has 1 aromatic heterocycles. The predicted octanol–water partition coefficient (Wildman–Crippen LogP) is 1.34. The summed E-state index contributed by atoms with van der Waals surface area (Å²) in [6, 6.07) is 2.97. The van der Waals surface area contributed by atoms with Crippen LogP contribution in [-0.2, 0) is 9.53 Å². The summed E-state index contributed by atoms with van der Waals surface area (Å²) in [5.74, 6) is -0.880. The normalized spacial score (nSPS) is 16.9. The fourth-order valence-corrected chi connectivity index (χ4v) is 2.84. The van der Waals surface area contributed by atoms with Crippen molar-refractivity contribution in [2.45, 2.75) is 32.7 Å². The van der Waals surface area contributed by atoms with Gasteiger partial charge in [-0.05, 0) is 32.4 Å². The monoisotopic (exact) mass is 333 g/mol. The van der Waals surface area contributed by atoms with Gasteiger partial charge in [-0.3, -0.25) is 9.59 Å². The fourth-order valence-electron chi connectivity index (χ4n) is 2.84. The van der Waals surface area contributed by atoms with Crippen molar-refractivity contribution in [2.75, 3.05) is 26.7 Å². The van der Waals surface area contributed by atoms with Crippen LogP contribution in [-0.4, -0.2) is 64.9 Å². The maximum atomic E-state index is 12.8. The van der Waals surface area contributed by atoms with Crippen molar-refractivity contribution in [2.24, 2.45) is 0 Å². The number of aromatic nitrogens is 1. The van der Waals surface area contributed by atoms with Gasteiger partial charge in [0.25, 0.3) is 5.91 Å².